The molecule has 0 aromatic carbocycles. The molecule has 1 aliphatic heterocycles. The average molecular weight is 477 g/mol. The van der Waals surface area contributed by atoms with E-state index < -0.39 is 29.1 Å². The smallest absolute Gasteiger partial charge is 0.316 e. The third kappa shape index (κ3) is 6.13. The van der Waals surface area contributed by atoms with Gasteiger partial charge in [-0.2, -0.15) is 11.3 Å². The molecule has 1 saturated heterocycles. The fraction of sp³-hybridized carbons (Fsp3) is 0.667. The molecule has 0 bridgehead atoms. The summed E-state index contributed by atoms with van der Waals surface area (Å²) in [7, 11) is 0. The van der Waals surface area contributed by atoms with E-state index in [0.717, 1.165) is 37.5 Å². The quantitative estimate of drug-likeness (QED) is 0.526. The van der Waals surface area contributed by atoms with Gasteiger partial charge in [0.15, 0.2) is 0 Å². The van der Waals surface area contributed by atoms with Crippen molar-refractivity contribution in [2.75, 3.05) is 6.54 Å². The van der Waals surface area contributed by atoms with Gasteiger partial charge in [0.2, 0.25) is 11.8 Å². The van der Waals surface area contributed by atoms with Crippen LogP contribution in [-0.2, 0) is 20.9 Å². The zero-order valence-electron chi connectivity index (χ0n) is 19.8. The van der Waals surface area contributed by atoms with Crippen LogP contribution in [0.25, 0.3) is 0 Å². The monoisotopic (exact) mass is 476 g/mol. The molecule has 3 rings (SSSR count). The molecule has 1 unspecified atom stereocenters. The molecule has 2 heterocycles. The predicted octanol–water partition coefficient (Wildman–Crippen LogP) is 2.97. The number of amides is 4. The molecule has 4 amide bonds. The van der Waals surface area contributed by atoms with Crippen molar-refractivity contribution >= 4 is 35.5 Å². The highest BCUT2D eigenvalue weighted by Crippen LogP contribution is 2.29. The highest BCUT2D eigenvalue weighted by atomic mass is 32.1. The van der Waals surface area contributed by atoms with Gasteiger partial charge in [0, 0.05) is 13.1 Å². The molecule has 33 heavy (non-hydrogen) atoms. The Bertz CT molecular complexity index is 843. The van der Waals surface area contributed by atoms with Crippen LogP contribution in [0, 0.1) is 5.41 Å². The highest BCUT2D eigenvalue weighted by molar-refractivity contribution is 7.07. The summed E-state index contributed by atoms with van der Waals surface area (Å²) >= 11 is 1.57. The lowest BCUT2D eigenvalue weighted by molar-refractivity contribution is -0.138. The number of nitrogens with one attached hydrogen (secondary N) is 3. The van der Waals surface area contributed by atoms with Crippen LogP contribution in [0.1, 0.15) is 71.3 Å². The second-order valence-electron chi connectivity index (χ2n) is 10.2. The number of hydrogen-bond acceptors (Lipinski definition) is 5. The van der Waals surface area contributed by atoms with E-state index in [1.54, 1.807) is 16.2 Å². The van der Waals surface area contributed by atoms with Gasteiger partial charge in [-0.15, -0.1) is 0 Å². The summed E-state index contributed by atoms with van der Waals surface area (Å²) in [4.78, 5) is 52.6. The molecular weight excluding hydrogens is 440 g/mol. The summed E-state index contributed by atoms with van der Waals surface area (Å²) < 4.78 is 0. The number of carbonyl (C=O) groups excluding carboxylic acids is 4. The van der Waals surface area contributed by atoms with Crippen molar-refractivity contribution in [3.63, 3.8) is 0 Å². The standard InChI is InChI=1S/C24H36N4O4S/c1-23(2,3)19(20(30)28-12-7-8-18(28)15-29)26-22(32)27-24(10-5-4-6-11-24)21(31)25-14-17-9-13-33-16-17/h9,13,15-16,18-19H,4-8,10-12,14H2,1-3H3,(H,25,31)(H2,26,27,32)/t18-,19?/m0/s1. The number of thiophene rings is 1. The van der Waals surface area contributed by atoms with Crippen LogP contribution in [0.2, 0.25) is 0 Å². The largest absolute Gasteiger partial charge is 0.350 e. The third-order valence-electron chi connectivity index (χ3n) is 6.66. The van der Waals surface area contributed by atoms with Gasteiger partial charge in [-0.1, -0.05) is 40.0 Å². The first-order valence-electron chi connectivity index (χ1n) is 11.8. The minimum Gasteiger partial charge on any atom is -0.350 e. The maximum atomic E-state index is 13.3. The Morgan fingerprint density at radius 1 is 1.21 bits per heavy atom. The summed E-state index contributed by atoms with van der Waals surface area (Å²) in [5.41, 5.74) is -0.536. The van der Waals surface area contributed by atoms with Gasteiger partial charge in [-0.05, 0) is 53.5 Å². The second-order valence-corrected chi connectivity index (χ2v) is 11.0. The Morgan fingerprint density at radius 2 is 1.94 bits per heavy atom. The number of rotatable bonds is 7. The summed E-state index contributed by atoms with van der Waals surface area (Å²) in [6.45, 7) is 6.56. The molecule has 1 aliphatic carbocycles. The van der Waals surface area contributed by atoms with Crippen LogP contribution in [0.5, 0.6) is 0 Å². The Hall–Kier alpha value is -2.42. The number of carbonyl (C=O) groups is 4. The van der Waals surface area contributed by atoms with E-state index in [9.17, 15) is 19.2 Å². The van der Waals surface area contributed by atoms with Crippen LogP contribution in [-0.4, -0.2) is 53.2 Å². The minimum absolute atomic E-state index is 0.192. The van der Waals surface area contributed by atoms with E-state index in [2.05, 4.69) is 16.0 Å². The lowest BCUT2D eigenvalue weighted by Crippen LogP contribution is -2.64. The Kier molecular flexibility index (Phi) is 8.15. The van der Waals surface area contributed by atoms with Crippen molar-refractivity contribution in [2.45, 2.75) is 89.9 Å². The van der Waals surface area contributed by atoms with Gasteiger partial charge in [-0.25, -0.2) is 4.79 Å². The topological polar surface area (TPSA) is 108 Å². The molecule has 1 aromatic heterocycles. The van der Waals surface area contributed by atoms with Crippen molar-refractivity contribution < 1.29 is 19.2 Å². The molecule has 8 nitrogen and oxygen atoms in total. The van der Waals surface area contributed by atoms with Crippen LogP contribution < -0.4 is 16.0 Å². The zero-order valence-corrected chi connectivity index (χ0v) is 20.6. The fourth-order valence-electron chi connectivity index (χ4n) is 4.72. The van der Waals surface area contributed by atoms with Crippen molar-refractivity contribution in [3.8, 4) is 0 Å². The predicted molar refractivity (Wildman–Crippen MR) is 128 cm³/mol. The van der Waals surface area contributed by atoms with Gasteiger partial charge >= 0.3 is 6.03 Å². The molecule has 182 valence electrons. The van der Waals surface area contributed by atoms with Crippen molar-refractivity contribution in [2.24, 2.45) is 5.41 Å². The number of urea groups is 1. The highest BCUT2D eigenvalue weighted by Gasteiger charge is 2.43. The first kappa shape index (κ1) is 25.2. The van der Waals surface area contributed by atoms with E-state index in [-0.39, 0.29) is 11.8 Å². The van der Waals surface area contributed by atoms with E-state index in [0.29, 0.717) is 32.4 Å². The minimum atomic E-state index is -0.997. The van der Waals surface area contributed by atoms with Gasteiger partial charge in [-0.3, -0.25) is 9.59 Å². The lowest BCUT2D eigenvalue weighted by atomic mass is 9.80. The van der Waals surface area contributed by atoms with E-state index in [4.69, 9.17) is 0 Å². The molecule has 1 saturated carbocycles. The molecule has 1 aromatic rings. The van der Waals surface area contributed by atoms with Gasteiger partial charge < -0.3 is 25.6 Å². The molecule has 2 aliphatic rings. The number of hydrogen-bond donors (Lipinski definition) is 3. The molecule has 0 spiro atoms. The summed E-state index contributed by atoms with van der Waals surface area (Å²) in [5, 5.41) is 12.7. The summed E-state index contributed by atoms with van der Waals surface area (Å²) in [6.07, 6.45) is 6.06. The Balaban J connectivity index is 1.71. The molecular formula is C24H36N4O4S. The molecule has 0 radical (unpaired) electrons. The Labute approximate surface area is 199 Å². The van der Waals surface area contributed by atoms with Crippen LogP contribution in [0.4, 0.5) is 4.79 Å². The van der Waals surface area contributed by atoms with Crippen molar-refractivity contribution in [1.82, 2.24) is 20.9 Å². The molecule has 2 fully saturated rings. The summed E-state index contributed by atoms with van der Waals surface area (Å²) in [5.74, 6) is -0.449. The number of aldehydes is 1. The van der Waals surface area contributed by atoms with Gasteiger partial charge in [0.1, 0.15) is 17.9 Å². The van der Waals surface area contributed by atoms with Gasteiger partial charge in [0.05, 0.1) is 6.04 Å². The fourth-order valence-corrected chi connectivity index (χ4v) is 5.38. The lowest BCUT2D eigenvalue weighted by Gasteiger charge is -2.39. The third-order valence-corrected chi connectivity index (χ3v) is 7.39. The summed E-state index contributed by atoms with van der Waals surface area (Å²) in [6, 6.07) is 0.174. The van der Waals surface area contributed by atoms with Crippen LogP contribution in [0.15, 0.2) is 16.8 Å². The molecule has 3 N–H and O–H groups in total. The number of likely N-dealkylation sites (tertiary alicyclic amines) is 1. The average Bonchev–Trinajstić information content (AvgIpc) is 3.47. The van der Waals surface area contributed by atoms with Crippen molar-refractivity contribution in [3.05, 3.63) is 22.4 Å². The maximum Gasteiger partial charge on any atom is 0.316 e. The van der Waals surface area contributed by atoms with E-state index in [1.165, 1.54) is 0 Å². The first-order valence-corrected chi connectivity index (χ1v) is 12.7. The van der Waals surface area contributed by atoms with Crippen LogP contribution in [0.3, 0.4) is 0 Å². The second kappa shape index (κ2) is 10.7. The van der Waals surface area contributed by atoms with E-state index >= 15 is 0 Å². The zero-order chi connectivity index (χ0) is 24.1. The molecule has 2 atom stereocenters. The normalized spacial score (nSPS) is 21.2. The molecule has 9 heteroatoms. The number of nitrogens with zero attached hydrogens (tertiary/aromatic N) is 1. The van der Waals surface area contributed by atoms with Crippen LogP contribution >= 0.6 is 11.3 Å². The van der Waals surface area contributed by atoms with Crippen molar-refractivity contribution in [1.29, 1.82) is 0 Å². The van der Waals surface area contributed by atoms with E-state index in [1.807, 2.05) is 37.6 Å². The van der Waals surface area contributed by atoms with Gasteiger partial charge in [0.25, 0.3) is 0 Å². The first-order chi connectivity index (χ1) is 15.7. The SMILES string of the molecule is CC(C)(C)C(NC(=O)NC1(C(=O)NCc2ccsc2)CCCCC1)C(=O)N1CCC[C@H]1C=O. The maximum absolute atomic E-state index is 13.3. The Morgan fingerprint density at radius 3 is 2.55 bits per heavy atom.